The van der Waals surface area contributed by atoms with Crippen LogP contribution in [0.1, 0.15) is 33.6 Å². The van der Waals surface area contributed by atoms with Gasteiger partial charge >= 0.3 is 0 Å². The van der Waals surface area contributed by atoms with E-state index in [9.17, 15) is 9.59 Å². The molecule has 7 heteroatoms. The number of H-pyrrole nitrogens is 1. The number of hydrogen-bond acceptors (Lipinski definition) is 4. The third-order valence-corrected chi connectivity index (χ3v) is 4.70. The average Bonchev–Trinajstić information content (AvgIpc) is 3.17. The number of nitrogens with one attached hydrogen (secondary N) is 4. The van der Waals surface area contributed by atoms with Crippen LogP contribution in [0, 0.1) is 0 Å². The van der Waals surface area contributed by atoms with Gasteiger partial charge < -0.3 is 20.9 Å². The highest BCUT2D eigenvalue weighted by Gasteiger charge is 2.17. The third-order valence-electron chi connectivity index (χ3n) is 4.70. The molecular weight excluding hydrogens is 342 g/mol. The van der Waals surface area contributed by atoms with E-state index in [2.05, 4.69) is 25.9 Å². The smallest absolute Gasteiger partial charge is 0.255 e. The Morgan fingerprint density at radius 3 is 2.81 bits per heavy atom. The second-order valence-corrected chi connectivity index (χ2v) is 6.69. The molecule has 1 fully saturated rings. The van der Waals surface area contributed by atoms with Crippen LogP contribution in [0.15, 0.2) is 48.8 Å². The average molecular weight is 363 g/mol. The molecule has 2 heterocycles. The zero-order chi connectivity index (χ0) is 18.6. The molecule has 1 aliphatic rings. The summed E-state index contributed by atoms with van der Waals surface area (Å²) in [6.07, 6.45) is 3.63. The van der Waals surface area contributed by atoms with Crippen LogP contribution < -0.4 is 16.0 Å². The Morgan fingerprint density at radius 1 is 1.07 bits per heavy atom. The monoisotopic (exact) mass is 363 g/mol. The fourth-order valence-electron chi connectivity index (χ4n) is 3.26. The van der Waals surface area contributed by atoms with Gasteiger partial charge in [-0.3, -0.25) is 9.59 Å². The number of carbonyl (C=O) groups excluding carboxylic acids is 2. The van der Waals surface area contributed by atoms with Gasteiger partial charge in [-0.2, -0.15) is 0 Å². The normalized spacial score (nSPS) is 16.8. The van der Waals surface area contributed by atoms with E-state index in [1.165, 1.54) is 0 Å². The first-order valence-electron chi connectivity index (χ1n) is 9.05. The van der Waals surface area contributed by atoms with Gasteiger partial charge in [0, 0.05) is 29.4 Å². The molecule has 3 aromatic rings. The summed E-state index contributed by atoms with van der Waals surface area (Å²) in [5.41, 5.74) is 3.25. The van der Waals surface area contributed by atoms with Gasteiger partial charge in [-0.1, -0.05) is 6.07 Å². The summed E-state index contributed by atoms with van der Waals surface area (Å²) in [5, 5.41) is 9.17. The highest BCUT2D eigenvalue weighted by molar-refractivity contribution is 6.06. The highest BCUT2D eigenvalue weighted by atomic mass is 16.2. The molecule has 0 radical (unpaired) electrons. The van der Waals surface area contributed by atoms with Crippen molar-refractivity contribution >= 4 is 28.5 Å². The van der Waals surface area contributed by atoms with E-state index in [4.69, 9.17) is 0 Å². The molecule has 2 aromatic carbocycles. The van der Waals surface area contributed by atoms with Crippen molar-refractivity contribution in [1.29, 1.82) is 0 Å². The number of imidazole rings is 1. The van der Waals surface area contributed by atoms with Crippen molar-refractivity contribution in [3.05, 3.63) is 59.9 Å². The molecule has 0 spiro atoms. The predicted octanol–water partition coefficient (Wildman–Crippen LogP) is 2.30. The van der Waals surface area contributed by atoms with E-state index < -0.39 is 0 Å². The van der Waals surface area contributed by atoms with E-state index in [1.54, 1.807) is 48.8 Å². The third kappa shape index (κ3) is 3.98. The van der Waals surface area contributed by atoms with Crippen molar-refractivity contribution < 1.29 is 9.59 Å². The van der Waals surface area contributed by atoms with Crippen molar-refractivity contribution in [3.63, 3.8) is 0 Å². The number of piperidine rings is 1. The Balaban J connectivity index is 1.45. The Kier molecular flexibility index (Phi) is 4.84. The number of fused-ring (bicyclic) bond motifs is 1. The molecule has 1 atom stereocenters. The van der Waals surface area contributed by atoms with Crippen LogP contribution in [0.5, 0.6) is 0 Å². The van der Waals surface area contributed by atoms with E-state index in [0.29, 0.717) is 16.8 Å². The molecule has 2 amide bonds. The van der Waals surface area contributed by atoms with Crippen molar-refractivity contribution in [2.45, 2.75) is 18.9 Å². The second-order valence-electron chi connectivity index (χ2n) is 6.69. The van der Waals surface area contributed by atoms with E-state index in [-0.39, 0.29) is 17.9 Å². The first kappa shape index (κ1) is 17.2. The van der Waals surface area contributed by atoms with E-state index in [0.717, 1.165) is 37.0 Å². The molecule has 138 valence electrons. The van der Waals surface area contributed by atoms with Crippen LogP contribution in [-0.2, 0) is 0 Å². The lowest BCUT2D eigenvalue weighted by Crippen LogP contribution is -2.45. The number of nitrogens with zero attached hydrogens (tertiary/aromatic N) is 1. The lowest BCUT2D eigenvalue weighted by molar-refractivity contribution is 0.0929. The maximum atomic E-state index is 12.5. The molecule has 4 N–H and O–H groups in total. The van der Waals surface area contributed by atoms with Crippen LogP contribution in [0.2, 0.25) is 0 Å². The number of aromatic amines is 1. The first-order chi connectivity index (χ1) is 13.2. The molecule has 0 saturated carbocycles. The van der Waals surface area contributed by atoms with Gasteiger partial charge in [-0.15, -0.1) is 0 Å². The van der Waals surface area contributed by atoms with Crippen molar-refractivity contribution in [2.24, 2.45) is 0 Å². The van der Waals surface area contributed by atoms with Gasteiger partial charge in [0.2, 0.25) is 0 Å². The SMILES string of the molecule is O=C(Nc1cccc(C(=O)NC2CCCNC2)c1)c1ccc2nc[nH]c2c1. The fourth-order valence-corrected chi connectivity index (χ4v) is 3.26. The summed E-state index contributed by atoms with van der Waals surface area (Å²) in [6, 6.07) is 12.4. The van der Waals surface area contributed by atoms with Gasteiger partial charge in [0.25, 0.3) is 11.8 Å². The Labute approximate surface area is 156 Å². The molecule has 7 nitrogen and oxygen atoms in total. The minimum absolute atomic E-state index is 0.126. The molecule has 1 saturated heterocycles. The van der Waals surface area contributed by atoms with Gasteiger partial charge in [-0.05, 0) is 55.8 Å². The maximum Gasteiger partial charge on any atom is 0.255 e. The summed E-state index contributed by atoms with van der Waals surface area (Å²) < 4.78 is 0. The van der Waals surface area contributed by atoms with Crippen LogP contribution in [0.3, 0.4) is 0 Å². The molecule has 27 heavy (non-hydrogen) atoms. The molecule has 0 aliphatic carbocycles. The number of hydrogen-bond donors (Lipinski definition) is 4. The summed E-state index contributed by atoms with van der Waals surface area (Å²) in [4.78, 5) is 32.1. The van der Waals surface area contributed by atoms with Crippen LogP contribution in [0.25, 0.3) is 11.0 Å². The number of anilines is 1. The number of aromatic nitrogens is 2. The fraction of sp³-hybridized carbons (Fsp3) is 0.250. The number of rotatable bonds is 4. The van der Waals surface area contributed by atoms with Gasteiger partial charge in [0.15, 0.2) is 0 Å². The predicted molar refractivity (Wildman–Crippen MR) is 104 cm³/mol. The highest BCUT2D eigenvalue weighted by Crippen LogP contribution is 2.16. The van der Waals surface area contributed by atoms with Gasteiger partial charge in [0.1, 0.15) is 0 Å². The Bertz CT molecular complexity index is 975. The largest absolute Gasteiger partial charge is 0.348 e. The zero-order valence-electron chi connectivity index (χ0n) is 14.8. The van der Waals surface area contributed by atoms with Crippen molar-refractivity contribution in [1.82, 2.24) is 20.6 Å². The van der Waals surface area contributed by atoms with Crippen molar-refractivity contribution in [3.8, 4) is 0 Å². The molecule has 1 aliphatic heterocycles. The summed E-state index contributed by atoms with van der Waals surface area (Å²) >= 11 is 0. The summed E-state index contributed by atoms with van der Waals surface area (Å²) in [7, 11) is 0. The van der Waals surface area contributed by atoms with Gasteiger partial charge in [-0.25, -0.2) is 4.98 Å². The van der Waals surface area contributed by atoms with E-state index >= 15 is 0 Å². The topological polar surface area (TPSA) is 98.9 Å². The number of amides is 2. The quantitative estimate of drug-likeness (QED) is 0.572. The Hall–Kier alpha value is -3.19. The van der Waals surface area contributed by atoms with Crippen LogP contribution >= 0.6 is 0 Å². The minimum atomic E-state index is -0.236. The zero-order valence-corrected chi connectivity index (χ0v) is 14.8. The Morgan fingerprint density at radius 2 is 1.96 bits per heavy atom. The molecule has 1 unspecified atom stereocenters. The molecule has 0 bridgehead atoms. The second kappa shape index (κ2) is 7.59. The maximum absolute atomic E-state index is 12.5. The van der Waals surface area contributed by atoms with Crippen LogP contribution in [-0.4, -0.2) is 40.9 Å². The lowest BCUT2D eigenvalue weighted by atomic mass is 10.1. The standard InChI is InChI=1S/C20H21N5O2/c26-19(25-16-5-2-8-21-11-16)13-3-1-4-15(9-13)24-20(27)14-6-7-17-18(10-14)23-12-22-17/h1,3-4,6-7,9-10,12,16,21H,2,5,8,11H2,(H,22,23)(H,24,27)(H,25,26). The lowest BCUT2D eigenvalue weighted by Gasteiger charge is -2.23. The summed E-state index contributed by atoms with van der Waals surface area (Å²) in [6.45, 7) is 1.79. The van der Waals surface area contributed by atoms with Gasteiger partial charge in [0.05, 0.1) is 17.4 Å². The molecule has 4 rings (SSSR count). The number of carbonyl (C=O) groups is 2. The van der Waals surface area contributed by atoms with Crippen molar-refractivity contribution in [2.75, 3.05) is 18.4 Å². The molecule has 1 aromatic heterocycles. The molecular formula is C20H21N5O2. The first-order valence-corrected chi connectivity index (χ1v) is 9.05. The summed E-state index contributed by atoms with van der Waals surface area (Å²) in [5.74, 6) is -0.362. The minimum Gasteiger partial charge on any atom is -0.348 e. The van der Waals surface area contributed by atoms with Crippen LogP contribution in [0.4, 0.5) is 5.69 Å². The number of benzene rings is 2. The van der Waals surface area contributed by atoms with E-state index in [1.807, 2.05) is 0 Å².